The van der Waals surface area contributed by atoms with E-state index in [1.807, 2.05) is 5.43 Å². The van der Waals surface area contributed by atoms with Crippen LogP contribution >= 0.6 is 11.6 Å². The van der Waals surface area contributed by atoms with Crippen LogP contribution < -0.4 is 10.2 Å². The number of hydrogen-bond donors (Lipinski definition) is 1. The molecule has 2 aromatic rings. The number of rotatable bonds is 5. The fourth-order valence-electron chi connectivity index (χ4n) is 1.62. The topological polar surface area (TPSA) is 50.7 Å². The van der Waals surface area contributed by atoms with E-state index < -0.39 is 47.2 Å². The Morgan fingerprint density at radius 1 is 1.00 bits per heavy atom. The largest absolute Gasteiger partial charge is 0.484 e. The highest BCUT2D eigenvalue weighted by molar-refractivity contribution is 6.30. The van der Waals surface area contributed by atoms with Crippen molar-refractivity contribution in [3.8, 4) is 5.75 Å². The summed E-state index contributed by atoms with van der Waals surface area (Å²) in [5, 5.41) is 3.60. The molecule has 4 nitrogen and oxygen atoms in total. The minimum absolute atomic E-state index is 0.302. The Hall–Kier alpha value is -2.68. The van der Waals surface area contributed by atoms with Crippen LogP contribution in [-0.2, 0) is 4.79 Å². The van der Waals surface area contributed by atoms with Gasteiger partial charge in [-0.1, -0.05) is 11.6 Å². The lowest BCUT2D eigenvalue weighted by Gasteiger charge is -2.05. The molecule has 0 aromatic heterocycles. The van der Waals surface area contributed by atoms with Gasteiger partial charge in [-0.15, -0.1) is 0 Å². The molecule has 0 aliphatic rings. The average molecular weight is 379 g/mol. The standard InChI is InChI=1S/C15H8ClF5N2O2/c16-7-1-3-8(4-2-7)25-6-10(24)23-22-5-9-11(17)13(19)15(21)14(20)12(9)18/h1-5H,6H2,(H,23,24)/b22-5+. The molecule has 2 aromatic carbocycles. The molecule has 1 amide bonds. The van der Waals surface area contributed by atoms with Gasteiger partial charge in [-0.2, -0.15) is 5.10 Å². The summed E-state index contributed by atoms with van der Waals surface area (Å²) in [7, 11) is 0. The van der Waals surface area contributed by atoms with Crippen LogP contribution in [0.15, 0.2) is 29.4 Å². The van der Waals surface area contributed by atoms with Gasteiger partial charge in [0.15, 0.2) is 29.9 Å². The summed E-state index contributed by atoms with van der Waals surface area (Å²) >= 11 is 5.67. The summed E-state index contributed by atoms with van der Waals surface area (Å²) in [6, 6.07) is 6.04. The van der Waals surface area contributed by atoms with Gasteiger partial charge < -0.3 is 4.74 Å². The highest BCUT2D eigenvalue weighted by atomic mass is 35.5. The fourth-order valence-corrected chi connectivity index (χ4v) is 1.74. The van der Waals surface area contributed by atoms with E-state index in [1.54, 1.807) is 0 Å². The molecule has 0 unspecified atom stereocenters. The zero-order chi connectivity index (χ0) is 18.6. The molecule has 0 saturated heterocycles. The highest BCUT2D eigenvalue weighted by Crippen LogP contribution is 2.21. The van der Waals surface area contributed by atoms with E-state index in [0.29, 0.717) is 17.0 Å². The molecular formula is C15H8ClF5N2O2. The molecule has 10 heteroatoms. The molecule has 0 fully saturated rings. The third kappa shape index (κ3) is 4.44. The van der Waals surface area contributed by atoms with Gasteiger partial charge in [0.05, 0.1) is 11.8 Å². The molecule has 2 rings (SSSR count). The van der Waals surface area contributed by atoms with E-state index in [1.165, 1.54) is 24.3 Å². The normalized spacial score (nSPS) is 11.0. The third-order valence-electron chi connectivity index (χ3n) is 2.81. The first-order chi connectivity index (χ1) is 11.8. The quantitative estimate of drug-likeness (QED) is 0.284. The second kappa shape index (κ2) is 7.93. The number of hydrogen-bond acceptors (Lipinski definition) is 3. The average Bonchev–Trinajstić information content (AvgIpc) is 2.60. The number of nitrogens with one attached hydrogen (secondary N) is 1. The SMILES string of the molecule is O=C(COc1ccc(Cl)cc1)N/N=C/c1c(F)c(F)c(F)c(F)c1F. The van der Waals surface area contributed by atoms with Crippen LogP contribution in [0.5, 0.6) is 5.75 Å². The summed E-state index contributed by atoms with van der Waals surface area (Å²) in [4.78, 5) is 11.5. The number of benzene rings is 2. The third-order valence-corrected chi connectivity index (χ3v) is 3.06. The summed E-state index contributed by atoms with van der Waals surface area (Å²) in [6.45, 7) is -0.504. The molecule has 0 bridgehead atoms. The van der Waals surface area contributed by atoms with Gasteiger partial charge in [-0.25, -0.2) is 27.4 Å². The number of ether oxygens (including phenoxy) is 1. The van der Waals surface area contributed by atoms with Crippen molar-refractivity contribution in [1.82, 2.24) is 5.43 Å². The Morgan fingerprint density at radius 3 is 2.08 bits per heavy atom. The molecule has 25 heavy (non-hydrogen) atoms. The maximum absolute atomic E-state index is 13.4. The van der Waals surface area contributed by atoms with Crippen molar-refractivity contribution in [2.75, 3.05) is 6.61 Å². The van der Waals surface area contributed by atoms with Crippen LogP contribution in [0.3, 0.4) is 0 Å². The molecule has 0 saturated carbocycles. The summed E-state index contributed by atoms with van der Waals surface area (Å²) < 4.78 is 70.6. The van der Waals surface area contributed by atoms with E-state index in [4.69, 9.17) is 16.3 Å². The molecule has 0 radical (unpaired) electrons. The smallest absolute Gasteiger partial charge is 0.277 e. The van der Waals surface area contributed by atoms with Crippen molar-refractivity contribution in [2.45, 2.75) is 0 Å². The van der Waals surface area contributed by atoms with E-state index in [0.717, 1.165) is 0 Å². The highest BCUT2D eigenvalue weighted by Gasteiger charge is 2.24. The first kappa shape index (κ1) is 18.7. The maximum Gasteiger partial charge on any atom is 0.277 e. The van der Waals surface area contributed by atoms with E-state index >= 15 is 0 Å². The van der Waals surface area contributed by atoms with Crippen molar-refractivity contribution < 1.29 is 31.5 Å². The minimum Gasteiger partial charge on any atom is -0.484 e. The maximum atomic E-state index is 13.4. The molecule has 1 N–H and O–H groups in total. The lowest BCUT2D eigenvalue weighted by atomic mass is 10.2. The Kier molecular flexibility index (Phi) is 5.92. The van der Waals surface area contributed by atoms with Crippen molar-refractivity contribution in [1.29, 1.82) is 0 Å². The second-order valence-corrected chi connectivity index (χ2v) is 4.96. The zero-order valence-electron chi connectivity index (χ0n) is 12.1. The van der Waals surface area contributed by atoms with Crippen LogP contribution in [-0.4, -0.2) is 18.7 Å². The lowest BCUT2D eigenvalue weighted by Crippen LogP contribution is -2.24. The van der Waals surface area contributed by atoms with Crippen molar-refractivity contribution in [3.05, 3.63) is 63.9 Å². The Balaban J connectivity index is 1.99. The van der Waals surface area contributed by atoms with Gasteiger partial charge in [-0.05, 0) is 24.3 Å². The summed E-state index contributed by atoms with van der Waals surface area (Å²) in [5.41, 5.74) is 0.546. The Bertz CT molecular complexity index is 799. The van der Waals surface area contributed by atoms with Crippen LogP contribution in [0.1, 0.15) is 5.56 Å². The van der Waals surface area contributed by atoms with Gasteiger partial charge in [0, 0.05) is 5.02 Å². The number of nitrogens with zero attached hydrogens (tertiary/aromatic N) is 1. The number of amides is 1. The molecule has 0 atom stereocenters. The predicted octanol–water partition coefficient (Wildman–Crippen LogP) is 3.56. The number of hydrazone groups is 1. The first-order valence-corrected chi connectivity index (χ1v) is 6.90. The summed E-state index contributed by atoms with van der Waals surface area (Å²) in [6.07, 6.45) is 0.302. The minimum atomic E-state index is -2.28. The van der Waals surface area contributed by atoms with Gasteiger partial charge in [-0.3, -0.25) is 4.79 Å². The molecular weight excluding hydrogens is 371 g/mol. The Labute approximate surface area is 142 Å². The number of halogens is 6. The molecule has 0 aliphatic heterocycles. The zero-order valence-corrected chi connectivity index (χ0v) is 12.9. The monoisotopic (exact) mass is 378 g/mol. The van der Waals surface area contributed by atoms with Crippen LogP contribution in [0.4, 0.5) is 22.0 Å². The number of carbonyl (C=O) groups excluding carboxylic acids is 1. The lowest BCUT2D eigenvalue weighted by molar-refractivity contribution is -0.123. The fraction of sp³-hybridized carbons (Fsp3) is 0.0667. The predicted molar refractivity (Wildman–Crippen MR) is 78.9 cm³/mol. The van der Waals surface area contributed by atoms with Gasteiger partial charge in [0.25, 0.3) is 5.91 Å². The van der Waals surface area contributed by atoms with Crippen molar-refractivity contribution in [2.24, 2.45) is 5.10 Å². The van der Waals surface area contributed by atoms with Crippen LogP contribution in [0, 0.1) is 29.1 Å². The van der Waals surface area contributed by atoms with Crippen LogP contribution in [0.25, 0.3) is 0 Å². The van der Waals surface area contributed by atoms with E-state index in [-0.39, 0.29) is 0 Å². The summed E-state index contributed by atoms with van der Waals surface area (Å²) in [5.74, 6) is -11.1. The van der Waals surface area contributed by atoms with E-state index in [9.17, 15) is 26.7 Å². The second-order valence-electron chi connectivity index (χ2n) is 4.52. The van der Waals surface area contributed by atoms with Gasteiger partial charge in [0.1, 0.15) is 5.75 Å². The molecule has 0 aliphatic carbocycles. The van der Waals surface area contributed by atoms with Gasteiger partial charge >= 0.3 is 0 Å². The number of carbonyl (C=O) groups is 1. The molecule has 0 spiro atoms. The van der Waals surface area contributed by atoms with Gasteiger partial charge in [0.2, 0.25) is 5.82 Å². The molecule has 132 valence electrons. The Morgan fingerprint density at radius 2 is 1.52 bits per heavy atom. The van der Waals surface area contributed by atoms with Crippen molar-refractivity contribution >= 4 is 23.7 Å². The van der Waals surface area contributed by atoms with Crippen molar-refractivity contribution in [3.63, 3.8) is 0 Å². The van der Waals surface area contributed by atoms with E-state index in [2.05, 4.69) is 5.10 Å². The molecule has 0 heterocycles. The first-order valence-electron chi connectivity index (χ1n) is 6.53. The van der Waals surface area contributed by atoms with Crippen LogP contribution in [0.2, 0.25) is 5.02 Å².